The van der Waals surface area contributed by atoms with Gasteiger partial charge in [-0.3, -0.25) is 4.68 Å². The van der Waals surface area contributed by atoms with Crippen molar-refractivity contribution < 1.29 is 8.42 Å². The molecular weight excluding hydrogens is 300 g/mol. The van der Waals surface area contributed by atoms with Gasteiger partial charge in [-0.2, -0.15) is 9.40 Å². The molecule has 7 heteroatoms. The lowest BCUT2D eigenvalue weighted by Crippen LogP contribution is -2.39. The fourth-order valence-corrected chi connectivity index (χ4v) is 4.49. The van der Waals surface area contributed by atoms with E-state index in [4.69, 9.17) is 5.73 Å². The van der Waals surface area contributed by atoms with Crippen molar-refractivity contribution in [1.29, 1.82) is 0 Å². The topological polar surface area (TPSA) is 81.2 Å². The lowest BCUT2D eigenvalue weighted by atomic mass is 10.2. The van der Waals surface area contributed by atoms with Gasteiger partial charge in [0.2, 0.25) is 10.0 Å². The molecule has 0 spiro atoms. The molecule has 1 aromatic heterocycles. The summed E-state index contributed by atoms with van der Waals surface area (Å²) in [6.07, 6.45) is 4.70. The molecule has 0 unspecified atom stereocenters. The lowest BCUT2D eigenvalue weighted by molar-refractivity contribution is 0.393. The fourth-order valence-electron chi connectivity index (χ4n) is 2.83. The van der Waals surface area contributed by atoms with E-state index in [-0.39, 0.29) is 10.9 Å². The van der Waals surface area contributed by atoms with Crippen LogP contribution in [-0.2, 0) is 16.6 Å². The van der Waals surface area contributed by atoms with Crippen LogP contribution in [0.1, 0.15) is 18.4 Å². The van der Waals surface area contributed by atoms with Gasteiger partial charge < -0.3 is 5.73 Å². The van der Waals surface area contributed by atoms with Gasteiger partial charge >= 0.3 is 0 Å². The van der Waals surface area contributed by atoms with Crippen molar-refractivity contribution in [1.82, 2.24) is 14.1 Å². The van der Waals surface area contributed by atoms with Gasteiger partial charge in [-0.1, -0.05) is 30.3 Å². The summed E-state index contributed by atoms with van der Waals surface area (Å²) < 4.78 is 28.5. The molecule has 1 aliphatic rings. The lowest BCUT2D eigenvalue weighted by Gasteiger charge is -2.21. The molecule has 0 amide bonds. The highest BCUT2D eigenvalue weighted by molar-refractivity contribution is 7.89. The molecule has 2 aromatic rings. The van der Waals surface area contributed by atoms with E-state index in [2.05, 4.69) is 5.10 Å². The number of nitrogens with two attached hydrogens (primary N) is 1. The molecule has 1 saturated heterocycles. The highest BCUT2D eigenvalue weighted by Crippen LogP contribution is 2.25. The van der Waals surface area contributed by atoms with Crippen LogP contribution >= 0.6 is 0 Å². The number of aromatic nitrogens is 2. The smallest absolute Gasteiger partial charge is 0.246 e. The molecule has 0 bridgehead atoms. The van der Waals surface area contributed by atoms with Crippen LogP contribution < -0.4 is 5.73 Å². The van der Waals surface area contributed by atoms with Gasteiger partial charge in [0.1, 0.15) is 4.90 Å². The Balaban J connectivity index is 1.81. The quantitative estimate of drug-likeness (QED) is 0.892. The van der Waals surface area contributed by atoms with E-state index >= 15 is 0 Å². The molecule has 0 saturated carbocycles. The number of sulfonamides is 1. The standard InChI is InChI=1S/C15H20N4O2S/c16-9-14-7-4-8-19(14)22(20,21)15-10-17-18(12-15)11-13-5-2-1-3-6-13/h1-3,5-6,10,12,14H,4,7-9,11,16H2/t14-/m0/s1. The maximum absolute atomic E-state index is 12.7. The van der Waals surface area contributed by atoms with Gasteiger partial charge in [-0.15, -0.1) is 0 Å². The largest absolute Gasteiger partial charge is 0.329 e. The molecule has 3 rings (SSSR count). The molecule has 22 heavy (non-hydrogen) atoms. The minimum absolute atomic E-state index is 0.0949. The maximum atomic E-state index is 12.7. The Hall–Kier alpha value is -1.70. The number of nitrogens with zero attached hydrogens (tertiary/aromatic N) is 3. The van der Waals surface area contributed by atoms with E-state index in [0.717, 1.165) is 18.4 Å². The van der Waals surface area contributed by atoms with Crippen molar-refractivity contribution >= 4 is 10.0 Å². The Kier molecular flexibility index (Phi) is 4.28. The van der Waals surface area contributed by atoms with Crippen molar-refractivity contribution in [3.05, 3.63) is 48.3 Å². The van der Waals surface area contributed by atoms with Crippen LogP contribution in [0, 0.1) is 0 Å². The first-order valence-corrected chi connectivity index (χ1v) is 8.83. The average molecular weight is 320 g/mol. The van der Waals surface area contributed by atoms with E-state index in [1.807, 2.05) is 30.3 Å². The Morgan fingerprint density at radius 1 is 1.27 bits per heavy atom. The maximum Gasteiger partial charge on any atom is 0.246 e. The monoisotopic (exact) mass is 320 g/mol. The van der Waals surface area contributed by atoms with Crippen LogP contribution in [-0.4, -0.2) is 41.6 Å². The molecule has 2 N–H and O–H groups in total. The Labute approximate surface area is 130 Å². The predicted octanol–water partition coefficient (Wildman–Crippen LogP) is 1.04. The number of benzene rings is 1. The summed E-state index contributed by atoms with van der Waals surface area (Å²) in [4.78, 5) is 0.240. The SMILES string of the molecule is NC[C@@H]1CCCN1S(=O)(=O)c1cnn(Cc2ccccc2)c1. The van der Waals surface area contributed by atoms with Crippen LogP contribution in [0.4, 0.5) is 0 Å². The van der Waals surface area contributed by atoms with Gasteiger partial charge in [-0.05, 0) is 18.4 Å². The van der Waals surface area contributed by atoms with E-state index in [0.29, 0.717) is 19.6 Å². The van der Waals surface area contributed by atoms with Gasteiger partial charge in [0.15, 0.2) is 0 Å². The Bertz CT molecular complexity index is 727. The first-order chi connectivity index (χ1) is 10.6. The average Bonchev–Trinajstić information content (AvgIpc) is 3.17. The summed E-state index contributed by atoms with van der Waals surface area (Å²) >= 11 is 0. The zero-order chi connectivity index (χ0) is 15.6. The zero-order valence-corrected chi connectivity index (χ0v) is 13.1. The first kappa shape index (κ1) is 15.2. The minimum Gasteiger partial charge on any atom is -0.329 e. The van der Waals surface area contributed by atoms with Gasteiger partial charge in [-0.25, -0.2) is 8.42 Å². The first-order valence-electron chi connectivity index (χ1n) is 7.39. The minimum atomic E-state index is -3.50. The summed E-state index contributed by atoms with van der Waals surface area (Å²) in [6, 6.07) is 9.73. The number of hydrogen-bond donors (Lipinski definition) is 1. The molecule has 1 aliphatic heterocycles. The molecule has 6 nitrogen and oxygen atoms in total. The van der Waals surface area contributed by atoms with Crippen molar-refractivity contribution in [3.63, 3.8) is 0 Å². The molecule has 1 atom stereocenters. The second kappa shape index (κ2) is 6.20. The second-order valence-electron chi connectivity index (χ2n) is 5.51. The van der Waals surface area contributed by atoms with Crippen molar-refractivity contribution in [2.75, 3.05) is 13.1 Å². The number of hydrogen-bond acceptors (Lipinski definition) is 4. The van der Waals surface area contributed by atoms with Crippen LogP contribution in [0.25, 0.3) is 0 Å². The summed E-state index contributed by atoms with van der Waals surface area (Å²) in [5.74, 6) is 0. The normalized spacial score (nSPS) is 19.6. The summed E-state index contributed by atoms with van der Waals surface area (Å²) in [5.41, 5.74) is 6.76. The summed E-state index contributed by atoms with van der Waals surface area (Å²) in [5, 5.41) is 4.18. The third-order valence-electron chi connectivity index (χ3n) is 4.00. The van der Waals surface area contributed by atoms with Crippen LogP contribution in [0.3, 0.4) is 0 Å². The molecule has 0 aliphatic carbocycles. The third kappa shape index (κ3) is 2.92. The van der Waals surface area contributed by atoms with Gasteiger partial charge in [0.05, 0.1) is 12.7 Å². The van der Waals surface area contributed by atoms with Crippen LogP contribution in [0.2, 0.25) is 0 Å². The Morgan fingerprint density at radius 2 is 2.05 bits per heavy atom. The third-order valence-corrected chi connectivity index (χ3v) is 5.90. The predicted molar refractivity (Wildman–Crippen MR) is 83.7 cm³/mol. The molecule has 1 fully saturated rings. The van der Waals surface area contributed by atoms with E-state index in [1.54, 1.807) is 10.9 Å². The molecule has 1 aromatic carbocycles. The molecule has 118 valence electrons. The molecular formula is C15H20N4O2S. The molecule has 0 radical (unpaired) electrons. The van der Waals surface area contributed by atoms with Gasteiger partial charge in [0.25, 0.3) is 0 Å². The zero-order valence-electron chi connectivity index (χ0n) is 12.3. The summed E-state index contributed by atoms with van der Waals surface area (Å²) in [7, 11) is -3.50. The fraction of sp³-hybridized carbons (Fsp3) is 0.400. The van der Waals surface area contributed by atoms with Crippen LogP contribution in [0.15, 0.2) is 47.6 Å². The van der Waals surface area contributed by atoms with E-state index in [1.165, 1.54) is 10.5 Å². The Morgan fingerprint density at radius 3 is 2.77 bits per heavy atom. The van der Waals surface area contributed by atoms with Crippen molar-refractivity contribution in [2.24, 2.45) is 5.73 Å². The van der Waals surface area contributed by atoms with E-state index < -0.39 is 10.0 Å². The highest BCUT2D eigenvalue weighted by Gasteiger charge is 2.35. The van der Waals surface area contributed by atoms with Crippen molar-refractivity contribution in [2.45, 2.75) is 30.3 Å². The molecule has 2 heterocycles. The number of rotatable bonds is 5. The highest BCUT2D eigenvalue weighted by atomic mass is 32.2. The van der Waals surface area contributed by atoms with Gasteiger partial charge in [0, 0.05) is 25.3 Å². The van der Waals surface area contributed by atoms with Crippen LogP contribution in [0.5, 0.6) is 0 Å². The summed E-state index contributed by atoms with van der Waals surface area (Å²) in [6.45, 7) is 1.45. The van der Waals surface area contributed by atoms with Crippen molar-refractivity contribution in [3.8, 4) is 0 Å². The van der Waals surface area contributed by atoms with E-state index in [9.17, 15) is 8.42 Å². The second-order valence-corrected chi connectivity index (χ2v) is 7.40.